The van der Waals surface area contributed by atoms with Gasteiger partial charge in [0.15, 0.2) is 0 Å². The molecule has 0 saturated heterocycles. The maximum Gasteiger partial charge on any atom is 0.338 e. The number of carbonyl (C=O) groups excluding carboxylic acids is 1. The van der Waals surface area contributed by atoms with Gasteiger partial charge in [-0.05, 0) is 42.1 Å². The van der Waals surface area contributed by atoms with E-state index in [0.29, 0.717) is 12.2 Å². The second-order valence-electron chi connectivity index (χ2n) is 4.92. The highest BCUT2D eigenvalue weighted by Gasteiger charge is 2.06. The second-order valence-corrected chi connectivity index (χ2v) is 4.92. The highest BCUT2D eigenvalue weighted by Crippen LogP contribution is 2.17. The van der Waals surface area contributed by atoms with Crippen molar-refractivity contribution in [3.05, 3.63) is 71.9 Å². The number of hydrogen-bond acceptors (Lipinski definition) is 2. The molecule has 3 heteroatoms. The average Bonchev–Trinajstić information content (AvgIpc) is 2.92. The summed E-state index contributed by atoms with van der Waals surface area (Å²) in [5, 5.41) is 1.24. The van der Waals surface area contributed by atoms with Gasteiger partial charge in [0.2, 0.25) is 0 Å². The predicted molar refractivity (Wildman–Crippen MR) is 83.4 cm³/mol. The Balaban J connectivity index is 1.80. The fourth-order valence-electron chi connectivity index (χ4n) is 2.44. The Morgan fingerprint density at radius 2 is 1.81 bits per heavy atom. The summed E-state index contributed by atoms with van der Waals surface area (Å²) >= 11 is 0. The number of aromatic nitrogens is 1. The molecular formula is C18H17NO2. The SMILES string of the molecule is CCOC(=O)c1ccc(Cn2ccc3ccccc32)cc1. The molecule has 0 aliphatic heterocycles. The number of nitrogens with zero attached hydrogens (tertiary/aromatic N) is 1. The van der Waals surface area contributed by atoms with E-state index in [1.54, 1.807) is 0 Å². The van der Waals surface area contributed by atoms with Gasteiger partial charge in [-0.25, -0.2) is 4.79 Å². The number of carbonyl (C=O) groups is 1. The van der Waals surface area contributed by atoms with Crippen LogP contribution in [0.25, 0.3) is 10.9 Å². The van der Waals surface area contributed by atoms with Crippen LogP contribution in [0.3, 0.4) is 0 Å². The summed E-state index contributed by atoms with van der Waals surface area (Å²) in [7, 11) is 0. The Hall–Kier alpha value is -2.55. The predicted octanol–water partition coefficient (Wildman–Crippen LogP) is 3.87. The molecule has 0 saturated carbocycles. The van der Waals surface area contributed by atoms with Gasteiger partial charge in [-0.2, -0.15) is 0 Å². The molecule has 0 bridgehead atoms. The molecule has 106 valence electrons. The molecule has 0 N–H and O–H groups in total. The van der Waals surface area contributed by atoms with Gasteiger partial charge in [-0.1, -0.05) is 30.3 Å². The van der Waals surface area contributed by atoms with Crippen molar-refractivity contribution in [1.82, 2.24) is 4.57 Å². The maximum absolute atomic E-state index is 11.6. The van der Waals surface area contributed by atoms with Crippen LogP contribution in [0.2, 0.25) is 0 Å². The minimum Gasteiger partial charge on any atom is -0.462 e. The molecule has 2 aromatic carbocycles. The molecule has 3 rings (SSSR count). The average molecular weight is 279 g/mol. The maximum atomic E-state index is 11.6. The molecule has 1 aromatic heterocycles. The molecule has 0 atom stereocenters. The molecule has 0 aliphatic carbocycles. The van der Waals surface area contributed by atoms with E-state index in [2.05, 4.69) is 29.0 Å². The number of para-hydroxylation sites is 1. The lowest BCUT2D eigenvalue weighted by molar-refractivity contribution is 0.0526. The van der Waals surface area contributed by atoms with Crippen LogP contribution >= 0.6 is 0 Å². The highest BCUT2D eigenvalue weighted by atomic mass is 16.5. The van der Waals surface area contributed by atoms with Crippen LogP contribution in [0.4, 0.5) is 0 Å². The molecule has 0 radical (unpaired) electrons. The molecule has 0 unspecified atom stereocenters. The zero-order valence-electron chi connectivity index (χ0n) is 12.0. The molecular weight excluding hydrogens is 262 g/mol. The number of benzene rings is 2. The minimum atomic E-state index is -0.268. The van der Waals surface area contributed by atoms with Gasteiger partial charge < -0.3 is 9.30 Å². The first-order chi connectivity index (χ1) is 10.3. The Morgan fingerprint density at radius 1 is 1.05 bits per heavy atom. The summed E-state index contributed by atoms with van der Waals surface area (Å²) in [6.07, 6.45) is 2.09. The molecule has 3 aromatic rings. The number of ether oxygens (including phenoxy) is 1. The first-order valence-electron chi connectivity index (χ1n) is 7.08. The Kier molecular flexibility index (Phi) is 3.73. The summed E-state index contributed by atoms with van der Waals surface area (Å²) in [6.45, 7) is 3.00. The molecule has 0 aliphatic rings. The topological polar surface area (TPSA) is 31.2 Å². The lowest BCUT2D eigenvalue weighted by atomic mass is 10.1. The Labute approximate surface area is 123 Å². The van der Waals surface area contributed by atoms with Crippen molar-refractivity contribution in [1.29, 1.82) is 0 Å². The summed E-state index contributed by atoms with van der Waals surface area (Å²) in [4.78, 5) is 11.6. The van der Waals surface area contributed by atoms with Gasteiger partial charge in [0.25, 0.3) is 0 Å². The normalized spacial score (nSPS) is 10.7. The van der Waals surface area contributed by atoms with E-state index in [-0.39, 0.29) is 5.97 Å². The zero-order chi connectivity index (χ0) is 14.7. The number of fused-ring (bicyclic) bond motifs is 1. The van der Waals surface area contributed by atoms with Gasteiger partial charge in [-0.3, -0.25) is 0 Å². The fraction of sp³-hybridized carbons (Fsp3) is 0.167. The van der Waals surface area contributed by atoms with E-state index in [1.165, 1.54) is 10.9 Å². The minimum absolute atomic E-state index is 0.268. The van der Waals surface area contributed by atoms with Crippen LogP contribution in [0.15, 0.2) is 60.8 Å². The van der Waals surface area contributed by atoms with Crippen molar-refractivity contribution in [2.45, 2.75) is 13.5 Å². The van der Waals surface area contributed by atoms with Crippen molar-refractivity contribution < 1.29 is 9.53 Å². The lowest BCUT2D eigenvalue weighted by Gasteiger charge is -2.07. The van der Waals surface area contributed by atoms with Gasteiger partial charge in [0.1, 0.15) is 0 Å². The van der Waals surface area contributed by atoms with Crippen LogP contribution in [-0.2, 0) is 11.3 Å². The largest absolute Gasteiger partial charge is 0.462 e. The van der Waals surface area contributed by atoms with E-state index in [9.17, 15) is 4.79 Å². The second kappa shape index (κ2) is 5.83. The molecule has 1 heterocycles. The van der Waals surface area contributed by atoms with Crippen molar-refractivity contribution >= 4 is 16.9 Å². The standard InChI is InChI=1S/C18H17NO2/c1-2-21-18(20)16-9-7-14(8-10-16)13-19-12-11-15-5-3-4-6-17(15)19/h3-12H,2,13H2,1H3. The van der Waals surface area contributed by atoms with E-state index in [1.807, 2.05) is 43.3 Å². The highest BCUT2D eigenvalue weighted by molar-refractivity contribution is 5.89. The summed E-state index contributed by atoms with van der Waals surface area (Å²) in [6, 6.07) is 18.0. The van der Waals surface area contributed by atoms with Crippen LogP contribution in [0, 0.1) is 0 Å². The molecule has 0 spiro atoms. The molecule has 21 heavy (non-hydrogen) atoms. The van der Waals surface area contributed by atoms with E-state index in [4.69, 9.17) is 4.74 Å². The summed E-state index contributed by atoms with van der Waals surface area (Å²) < 4.78 is 7.19. The van der Waals surface area contributed by atoms with Gasteiger partial charge in [0.05, 0.1) is 12.2 Å². The first-order valence-corrected chi connectivity index (χ1v) is 7.08. The third-order valence-corrected chi connectivity index (χ3v) is 3.50. The summed E-state index contributed by atoms with van der Waals surface area (Å²) in [5.41, 5.74) is 2.97. The quantitative estimate of drug-likeness (QED) is 0.679. The van der Waals surface area contributed by atoms with Gasteiger partial charge >= 0.3 is 5.97 Å². The monoisotopic (exact) mass is 279 g/mol. The smallest absolute Gasteiger partial charge is 0.338 e. The van der Waals surface area contributed by atoms with Crippen LogP contribution in [0.1, 0.15) is 22.8 Å². The van der Waals surface area contributed by atoms with Gasteiger partial charge in [0, 0.05) is 18.3 Å². The number of rotatable bonds is 4. The van der Waals surface area contributed by atoms with Crippen molar-refractivity contribution in [3.8, 4) is 0 Å². The number of esters is 1. The Morgan fingerprint density at radius 3 is 2.57 bits per heavy atom. The van der Waals surface area contributed by atoms with Crippen molar-refractivity contribution in [3.63, 3.8) is 0 Å². The third-order valence-electron chi connectivity index (χ3n) is 3.50. The van der Waals surface area contributed by atoms with E-state index < -0.39 is 0 Å². The van der Waals surface area contributed by atoms with Crippen LogP contribution < -0.4 is 0 Å². The van der Waals surface area contributed by atoms with E-state index in [0.717, 1.165) is 12.1 Å². The lowest BCUT2D eigenvalue weighted by Crippen LogP contribution is -2.05. The zero-order valence-corrected chi connectivity index (χ0v) is 12.0. The van der Waals surface area contributed by atoms with E-state index >= 15 is 0 Å². The number of hydrogen-bond donors (Lipinski definition) is 0. The third kappa shape index (κ3) is 2.82. The first kappa shape index (κ1) is 13.4. The van der Waals surface area contributed by atoms with Gasteiger partial charge in [-0.15, -0.1) is 0 Å². The molecule has 3 nitrogen and oxygen atoms in total. The summed E-state index contributed by atoms with van der Waals surface area (Å²) in [5.74, 6) is -0.268. The molecule has 0 fully saturated rings. The fourth-order valence-corrected chi connectivity index (χ4v) is 2.44. The van der Waals surface area contributed by atoms with Crippen molar-refractivity contribution in [2.75, 3.05) is 6.61 Å². The van der Waals surface area contributed by atoms with Crippen LogP contribution in [-0.4, -0.2) is 17.1 Å². The van der Waals surface area contributed by atoms with Crippen molar-refractivity contribution in [2.24, 2.45) is 0 Å². The molecule has 0 amide bonds. The van der Waals surface area contributed by atoms with Crippen LogP contribution in [0.5, 0.6) is 0 Å². The Bertz CT molecular complexity index is 756.